The second kappa shape index (κ2) is 9.40. The van der Waals surface area contributed by atoms with Gasteiger partial charge in [0.05, 0.1) is 17.1 Å². The number of nitrogens with zero attached hydrogens (tertiary/aromatic N) is 2. The lowest BCUT2D eigenvalue weighted by atomic mass is 9.76. The van der Waals surface area contributed by atoms with E-state index in [4.69, 9.17) is 4.98 Å². The van der Waals surface area contributed by atoms with Crippen LogP contribution in [0.15, 0.2) is 163 Å². The summed E-state index contributed by atoms with van der Waals surface area (Å²) in [5, 5.41) is 0. The fourth-order valence-corrected chi connectivity index (χ4v) is 9.21. The van der Waals surface area contributed by atoms with Gasteiger partial charge in [-0.3, -0.25) is 0 Å². The van der Waals surface area contributed by atoms with Gasteiger partial charge in [0, 0.05) is 23.3 Å². The van der Waals surface area contributed by atoms with Gasteiger partial charge in [-0.05, 0) is 73.3 Å². The third-order valence-corrected chi connectivity index (χ3v) is 11.1. The molecule has 2 unspecified atom stereocenters. The van der Waals surface area contributed by atoms with Gasteiger partial charge in [0.2, 0.25) is 0 Å². The summed E-state index contributed by atoms with van der Waals surface area (Å²) < 4.78 is 2.51. The molecular weight excluding hydrogens is 569 g/mol. The van der Waals surface area contributed by atoms with E-state index in [1.54, 1.807) is 0 Å². The van der Waals surface area contributed by atoms with Crippen LogP contribution in [0.5, 0.6) is 0 Å². The molecule has 2 heteroatoms. The minimum atomic E-state index is 0.128. The Bertz CT molecular complexity index is 2420. The van der Waals surface area contributed by atoms with Crippen LogP contribution in [0.1, 0.15) is 57.2 Å². The topological polar surface area (TPSA) is 17.8 Å². The van der Waals surface area contributed by atoms with Crippen LogP contribution < -0.4 is 0 Å². The smallest absolute Gasteiger partial charge is 0.142 e. The molecular formula is C45H30N2. The predicted molar refractivity (Wildman–Crippen MR) is 191 cm³/mol. The molecule has 0 spiro atoms. The van der Waals surface area contributed by atoms with Crippen molar-refractivity contribution in [2.24, 2.45) is 0 Å². The number of fused-ring (bicyclic) bond motifs is 14. The van der Waals surface area contributed by atoms with Gasteiger partial charge in [0.1, 0.15) is 5.82 Å². The lowest BCUT2D eigenvalue weighted by Crippen LogP contribution is -2.24. The monoisotopic (exact) mass is 598 g/mol. The maximum Gasteiger partial charge on any atom is 0.142 e. The molecule has 0 N–H and O–H groups in total. The number of aromatic nitrogens is 2. The van der Waals surface area contributed by atoms with Crippen molar-refractivity contribution in [3.05, 3.63) is 197 Å². The second-order valence-electron chi connectivity index (χ2n) is 13.4. The molecule has 47 heavy (non-hydrogen) atoms. The first-order valence-corrected chi connectivity index (χ1v) is 16.7. The number of hydrogen-bond donors (Lipinski definition) is 0. The Morgan fingerprint density at radius 2 is 1.04 bits per heavy atom. The average Bonchev–Trinajstić information content (AvgIpc) is 3.80. The summed E-state index contributed by atoms with van der Waals surface area (Å²) >= 11 is 0. The van der Waals surface area contributed by atoms with Gasteiger partial charge in [-0.25, -0.2) is 4.98 Å². The number of allylic oxidation sites excluding steroid dienone is 4. The number of imidazole rings is 1. The zero-order valence-corrected chi connectivity index (χ0v) is 25.7. The van der Waals surface area contributed by atoms with E-state index in [9.17, 15) is 0 Å². The first kappa shape index (κ1) is 25.5. The summed E-state index contributed by atoms with van der Waals surface area (Å²) in [7, 11) is 0. The van der Waals surface area contributed by atoms with E-state index < -0.39 is 0 Å². The molecule has 2 atom stereocenters. The van der Waals surface area contributed by atoms with Gasteiger partial charge in [-0.1, -0.05) is 146 Å². The van der Waals surface area contributed by atoms with E-state index in [1.807, 2.05) is 0 Å². The molecule has 11 rings (SSSR count). The summed E-state index contributed by atoms with van der Waals surface area (Å²) in [5.41, 5.74) is 18.6. The average molecular weight is 599 g/mol. The fraction of sp³-hybridized carbons (Fsp3) is 0.0889. The largest absolute Gasteiger partial charge is 0.316 e. The normalized spacial score (nSPS) is 18.5. The summed E-state index contributed by atoms with van der Waals surface area (Å²) in [5.74, 6) is 1.71. The molecule has 0 bridgehead atoms. The fourth-order valence-electron chi connectivity index (χ4n) is 9.21. The zero-order valence-electron chi connectivity index (χ0n) is 25.7. The summed E-state index contributed by atoms with van der Waals surface area (Å²) in [6.45, 7) is 0. The van der Waals surface area contributed by atoms with Gasteiger partial charge >= 0.3 is 0 Å². The summed E-state index contributed by atoms with van der Waals surface area (Å²) in [4.78, 5) is 5.29. The van der Waals surface area contributed by atoms with E-state index in [1.165, 1.54) is 72.3 Å². The van der Waals surface area contributed by atoms with Gasteiger partial charge in [-0.15, -0.1) is 0 Å². The Balaban J connectivity index is 1.11. The van der Waals surface area contributed by atoms with E-state index in [0.29, 0.717) is 0 Å². The molecule has 0 fully saturated rings. The Kier molecular flexibility index (Phi) is 5.09. The third kappa shape index (κ3) is 3.42. The van der Waals surface area contributed by atoms with E-state index in [2.05, 4.69) is 162 Å². The Morgan fingerprint density at radius 3 is 1.68 bits per heavy atom. The van der Waals surface area contributed by atoms with Crippen LogP contribution in [-0.4, -0.2) is 9.55 Å². The standard InChI is InChI=1S/C45H30N2/c1-5-15-34-29(11-1)30-12-2-6-16-35(30)43(34)27-22-24-38-39(25-27)33-23-21-28(26-42(33)47-41-20-10-9-19-40(41)46-45(38)47)44-36-17-7-3-13-31(36)32-14-4-8-18-37(32)44/h1-26,33,42-44H. The van der Waals surface area contributed by atoms with Crippen molar-refractivity contribution >= 4 is 11.0 Å². The third-order valence-electron chi connectivity index (χ3n) is 11.1. The first-order chi connectivity index (χ1) is 23.3. The van der Waals surface area contributed by atoms with Crippen LogP contribution >= 0.6 is 0 Å². The summed E-state index contributed by atoms with van der Waals surface area (Å²) in [6, 6.07) is 51.8. The molecule has 0 amide bonds. The Labute approximate surface area is 274 Å². The highest BCUT2D eigenvalue weighted by Gasteiger charge is 2.39. The molecule has 2 nitrogen and oxygen atoms in total. The molecule has 0 radical (unpaired) electrons. The highest BCUT2D eigenvalue weighted by Crippen LogP contribution is 2.55. The number of hydrogen-bond acceptors (Lipinski definition) is 1. The van der Waals surface area contributed by atoms with Crippen molar-refractivity contribution in [3.8, 4) is 33.6 Å². The lowest BCUT2D eigenvalue weighted by Gasteiger charge is -2.36. The predicted octanol–water partition coefficient (Wildman–Crippen LogP) is 10.8. The zero-order chi connectivity index (χ0) is 30.6. The van der Waals surface area contributed by atoms with Crippen molar-refractivity contribution < 1.29 is 0 Å². The highest BCUT2D eigenvalue weighted by molar-refractivity contribution is 5.86. The molecule has 4 aliphatic rings. The van der Waals surface area contributed by atoms with Gasteiger partial charge < -0.3 is 4.57 Å². The van der Waals surface area contributed by atoms with Crippen LogP contribution in [0.3, 0.4) is 0 Å². The van der Waals surface area contributed by atoms with Crippen LogP contribution in [0.2, 0.25) is 0 Å². The maximum atomic E-state index is 5.29. The van der Waals surface area contributed by atoms with Gasteiger partial charge in [0.25, 0.3) is 0 Å². The quantitative estimate of drug-likeness (QED) is 0.194. The molecule has 7 aromatic rings. The number of para-hydroxylation sites is 2. The van der Waals surface area contributed by atoms with E-state index in [0.717, 1.165) is 11.3 Å². The SMILES string of the molecule is C1=CC2c3cc(C4c5ccccc5-c5ccccc54)ccc3-c3nc4ccccc4n3C2C=C1C1c2ccccc2-c2ccccc21. The minimum Gasteiger partial charge on any atom is -0.316 e. The van der Waals surface area contributed by atoms with Crippen LogP contribution in [0, 0.1) is 0 Å². The number of rotatable bonds is 2. The highest BCUT2D eigenvalue weighted by atomic mass is 15.1. The molecule has 0 saturated carbocycles. The van der Waals surface area contributed by atoms with Gasteiger partial charge in [0.15, 0.2) is 0 Å². The van der Waals surface area contributed by atoms with Gasteiger partial charge in [-0.2, -0.15) is 0 Å². The molecule has 1 aromatic heterocycles. The van der Waals surface area contributed by atoms with Crippen molar-refractivity contribution in [2.45, 2.75) is 23.8 Å². The van der Waals surface area contributed by atoms with Crippen LogP contribution in [0.25, 0.3) is 44.7 Å². The maximum absolute atomic E-state index is 5.29. The van der Waals surface area contributed by atoms with Crippen molar-refractivity contribution in [1.82, 2.24) is 9.55 Å². The Hall–Kier alpha value is -5.73. The molecule has 2 heterocycles. The summed E-state index contributed by atoms with van der Waals surface area (Å²) in [6.07, 6.45) is 7.47. The van der Waals surface area contributed by atoms with Crippen LogP contribution in [-0.2, 0) is 0 Å². The molecule has 0 saturated heterocycles. The van der Waals surface area contributed by atoms with Crippen molar-refractivity contribution in [3.63, 3.8) is 0 Å². The molecule has 6 aromatic carbocycles. The van der Waals surface area contributed by atoms with Crippen molar-refractivity contribution in [2.75, 3.05) is 0 Å². The molecule has 220 valence electrons. The molecule has 1 aliphatic heterocycles. The minimum absolute atomic E-state index is 0.128. The van der Waals surface area contributed by atoms with Crippen molar-refractivity contribution in [1.29, 1.82) is 0 Å². The second-order valence-corrected chi connectivity index (χ2v) is 13.4. The van der Waals surface area contributed by atoms with Crippen LogP contribution in [0.4, 0.5) is 0 Å². The van der Waals surface area contributed by atoms with E-state index >= 15 is 0 Å². The first-order valence-electron chi connectivity index (χ1n) is 16.7. The van der Waals surface area contributed by atoms with E-state index in [-0.39, 0.29) is 23.8 Å². The lowest BCUT2D eigenvalue weighted by molar-refractivity contribution is 0.541. The number of benzene rings is 6. The Morgan fingerprint density at radius 1 is 0.489 bits per heavy atom. The molecule has 3 aliphatic carbocycles.